The van der Waals surface area contributed by atoms with Gasteiger partial charge in [-0.25, -0.2) is 13.8 Å². The largest absolute Gasteiger partial charge is 0.490 e. The Bertz CT molecular complexity index is 2010. The monoisotopic (exact) mass is 683 g/mol. The van der Waals surface area contributed by atoms with Crippen LogP contribution in [-0.4, -0.2) is 53.6 Å². The van der Waals surface area contributed by atoms with E-state index < -0.39 is 35.8 Å². The van der Waals surface area contributed by atoms with Crippen LogP contribution >= 0.6 is 11.3 Å². The smallest absolute Gasteiger partial charge is 0.404 e. The first-order valence-corrected chi connectivity index (χ1v) is 15.8. The number of halogens is 5. The predicted molar refractivity (Wildman–Crippen MR) is 173 cm³/mol. The zero-order valence-corrected chi connectivity index (χ0v) is 26.6. The minimum Gasteiger partial charge on any atom is -0.490 e. The molecule has 0 saturated carbocycles. The van der Waals surface area contributed by atoms with Crippen LogP contribution in [0.5, 0.6) is 5.75 Å². The van der Waals surface area contributed by atoms with Gasteiger partial charge < -0.3 is 20.1 Å². The van der Waals surface area contributed by atoms with Gasteiger partial charge in [-0.3, -0.25) is 9.89 Å². The van der Waals surface area contributed by atoms with E-state index in [0.717, 1.165) is 18.2 Å². The summed E-state index contributed by atoms with van der Waals surface area (Å²) in [4.78, 5) is 17.0. The van der Waals surface area contributed by atoms with E-state index in [1.807, 2.05) is 11.4 Å². The Morgan fingerprint density at radius 3 is 2.69 bits per heavy atom. The number of nitrogens with one attached hydrogen (secondary N) is 3. The molecule has 14 heteroatoms. The Kier molecular flexibility index (Phi) is 9.32. The molecule has 0 spiro atoms. The Balaban J connectivity index is 1.55. The molecule has 5 aromatic rings. The number of aromatic amines is 1. The van der Waals surface area contributed by atoms with Crippen LogP contribution in [0.15, 0.2) is 60.5 Å². The fourth-order valence-electron chi connectivity index (χ4n) is 5.73. The number of rotatable bonds is 10. The Hall–Kier alpha value is -4.66. The fourth-order valence-corrected chi connectivity index (χ4v) is 6.68. The van der Waals surface area contributed by atoms with Crippen LogP contribution in [0.2, 0.25) is 0 Å². The van der Waals surface area contributed by atoms with Crippen LogP contribution in [0.25, 0.3) is 43.9 Å². The van der Waals surface area contributed by atoms with Gasteiger partial charge >= 0.3 is 6.18 Å². The lowest BCUT2D eigenvalue weighted by Crippen LogP contribution is -2.46. The van der Waals surface area contributed by atoms with E-state index in [9.17, 15) is 22.4 Å². The molecule has 1 aliphatic rings. The number of nitrogens with zero attached hydrogens (tertiary/aromatic N) is 2. The van der Waals surface area contributed by atoms with Crippen LogP contribution in [0.1, 0.15) is 29.8 Å². The number of pyridine rings is 1. The number of H-pyrrole nitrogens is 1. The topological polar surface area (TPSA) is 101 Å². The van der Waals surface area contributed by atoms with Crippen LogP contribution in [0.4, 0.5) is 22.0 Å². The zero-order chi connectivity index (χ0) is 34.2. The van der Waals surface area contributed by atoms with Crippen LogP contribution in [-0.2, 0) is 22.5 Å². The molecule has 2 unspecified atom stereocenters. The van der Waals surface area contributed by atoms with Gasteiger partial charge in [-0.2, -0.15) is 18.3 Å². The summed E-state index contributed by atoms with van der Waals surface area (Å²) in [6, 6.07) is 8.42. The summed E-state index contributed by atoms with van der Waals surface area (Å²) in [6.07, 6.45) is -3.43. The summed E-state index contributed by atoms with van der Waals surface area (Å²) in [5.74, 6) is -2.17. The maximum absolute atomic E-state index is 15.9. The first-order chi connectivity index (χ1) is 23.0. The highest BCUT2D eigenvalue weighted by atomic mass is 32.1. The van der Waals surface area contributed by atoms with E-state index in [4.69, 9.17) is 14.5 Å². The van der Waals surface area contributed by atoms with Gasteiger partial charge in [0.1, 0.15) is 41.4 Å². The molecule has 0 saturated heterocycles. The summed E-state index contributed by atoms with van der Waals surface area (Å²) in [6.45, 7) is 5.43. The van der Waals surface area contributed by atoms with Crippen molar-refractivity contribution in [2.24, 2.45) is 0 Å². The molecule has 0 radical (unpaired) electrons. The summed E-state index contributed by atoms with van der Waals surface area (Å²) in [5.41, 5.74) is 3.75. The third kappa shape index (κ3) is 6.55. The number of carbonyl (C=O) groups excluding carboxylic acids is 1. The number of methoxy groups -OCH3 is 1. The highest BCUT2D eigenvalue weighted by molar-refractivity contribution is 7.18. The van der Waals surface area contributed by atoms with Gasteiger partial charge in [-0.15, -0.1) is 11.3 Å². The Labute approximate surface area is 276 Å². The number of carbonyl (C=O) groups is 1. The van der Waals surface area contributed by atoms with Gasteiger partial charge in [0, 0.05) is 47.0 Å². The van der Waals surface area contributed by atoms with Gasteiger partial charge in [-0.1, -0.05) is 18.7 Å². The number of thiophene rings is 1. The van der Waals surface area contributed by atoms with Crippen LogP contribution in [0, 0.1) is 11.6 Å². The lowest BCUT2D eigenvalue weighted by atomic mass is 9.91. The molecule has 0 aliphatic carbocycles. The number of hydrogen-bond acceptors (Lipinski definition) is 7. The van der Waals surface area contributed by atoms with Crippen LogP contribution in [0.3, 0.4) is 0 Å². The third-order valence-electron chi connectivity index (χ3n) is 8.11. The maximum Gasteiger partial charge on any atom is 0.404 e. The molecule has 0 bridgehead atoms. The zero-order valence-electron chi connectivity index (χ0n) is 25.8. The van der Waals surface area contributed by atoms with E-state index in [-0.39, 0.29) is 43.2 Å². The van der Waals surface area contributed by atoms with Crippen molar-refractivity contribution in [3.63, 3.8) is 0 Å². The molecule has 4 heterocycles. The van der Waals surface area contributed by atoms with E-state index in [1.165, 1.54) is 18.4 Å². The number of amides is 1. The molecule has 48 heavy (non-hydrogen) atoms. The molecular weight excluding hydrogens is 653 g/mol. The summed E-state index contributed by atoms with van der Waals surface area (Å²) in [5, 5.41) is 15.2. The molecule has 8 nitrogen and oxygen atoms in total. The number of hydrogen-bond donors (Lipinski definition) is 3. The average Bonchev–Trinajstić information content (AvgIpc) is 3.74. The summed E-state index contributed by atoms with van der Waals surface area (Å²) in [7, 11) is 1.48. The summed E-state index contributed by atoms with van der Waals surface area (Å²) < 4.78 is 82.3. The van der Waals surface area contributed by atoms with Crippen molar-refractivity contribution < 1.29 is 36.2 Å². The molecule has 2 aromatic carbocycles. The van der Waals surface area contributed by atoms with Crippen molar-refractivity contribution in [2.45, 2.75) is 38.1 Å². The van der Waals surface area contributed by atoms with E-state index >= 15 is 4.39 Å². The predicted octanol–water partition coefficient (Wildman–Crippen LogP) is 7.26. The number of benzene rings is 2. The van der Waals surface area contributed by atoms with Crippen molar-refractivity contribution in [2.75, 3.05) is 20.3 Å². The molecule has 2 atom stereocenters. The molecule has 1 amide bonds. The molecule has 1 aliphatic heterocycles. The van der Waals surface area contributed by atoms with Gasteiger partial charge in [0.2, 0.25) is 5.91 Å². The highest BCUT2D eigenvalue weighted by Crippen LogP contribution is 2.47. The van der Waals surface area contributed by atoms with Crippen molar-refractivity contribution in [3.05, 3.63) is 89.0 Å². The van der Waals surface area contributed by atoms with E-state index in [2.05, 4.69) is 27.4 Å². The first kappa shape index (κ1) is 33.2. The minimum atomic E-state index is -4.37. The lowest BCUT2D eigenvalue weighted by molar-refractivity contribution is -0.157. The second-order valence-corrected chi connectivity index (χ2v) is 12.2. The number of alkyl halides is 3. The van der Waals surface area contributed by atoms with Crippen LogP contribution < -0.4 is 15.4 Å². The number of ether oxygens (including phenoxy) is 2. The molecular formula is C34H30F5N5O3S. The summed E-state index contributed by atoms with van der Waals surface area (Å²) >= 11 is 1.31. The van der Waals surface area contributed by atoms with Crippen molar-refractivity contribution in [1.82, 2.24) is 25.8 Å². The Morgan fingerprint density at radius 1 is 1.12 bits per heavy atom. The number of fused-ring (bicyclic) bond motifs is 2. The van der Waals surface area contributed by atoms with E-state index in [0.29, 0.717) is 49.4 Å². The maximum atomic E-state index is 15.9. The third-order valence-corrected chi connectivity index (χ3v) is 9.04. The van der Waals surface area contributed by atoms with Gasteiger partial charge in [0.25, 0.3) is 0 Å². The number of aromatic nitrogens is 3. The molecule has 250 valence electrons. The van der Waals surface area contributed by atoms with Crippen molar-refractivity contribution in [3.8, 4) is 39.5 Å². The van der Waals surface area contributed by atoms with Gasteiger partial charge in [-0.05, 0) is 54.1 Å². The van der Waals surface area contributed by atoms with Gasteiger partial charge in [0.05, 0.1) is 29.6 Å². The van der Waals surface area contributed by atoms with Crippen molar-refractivity contribution in [1.29, 1.82) is 0 Å². The first-order valence-electron chi connectivity index (χ1n) is 14.9. The molecule has 3 aromatic heterocycles. The molecule has 3 N–H and O–H groups in total. The Morgan fingerprint density at radius 2 is 1.94 bits per heavy atom. The molecule has 6 rings (SSSR count). The fraction of sp³-hybridized carbons (Fsp3) is 0.265. The average molecular weight is 684 g/mol. The normalized spacial score (nSPS) is 15.3. The highest BCUT2D eigenvalue weighted by Gasteiger charge is 2.41. The lowest BCUT2D eigenvalue weighted by Gasteiger charge is -2.28. The molecule has 0 fully saturated rings. The quantitative estimate of drug-likeness (QED) is 0.0814. The second-order valence-electron chi connectivity index (χ2n) is 11.3. The van der Waals surface area contributed by atoms with E-state index in [1.54, 1.807) is 31.2 Å². The minimum absolute atomic E-state index is 0.0189. The second kappa shape index (κ2) is 13.5. The van der Waals surface area contributed by atoms with Crippen molar-refractivity contribution >= 4 is 27.3 Å². The SMILES string of the molecule is C=CC(=O)NC(C)c1cc(-c2nc(-c3ccc4c(c3)CNC(C(F)(F)F)C4)c3ccsc3c2-c2c(F)cc(F)cc2OCCOC)n[nH]1. The van der Waals surface area contributed by atoms with Gasteiger partial charge in [0.15, 0.2) is 0 Å². The standard InChI is InChI=1S/C34H30F5N5O3S/c1-4-28(45)41-17(2)24-15-25(44-43-24)32-30(29-23(36)13-21(35)14-26(29)47-9-8-46-3)33-22(7-10-48-33)31(42-32)19-6-5-18-12-27(34(37,38)39)40-16-20(18)11-19/h4-7,10-11,13-15,17,27,40H,1,8-9,12,16H2,2-3H3,(H,41,45)(H,43,44).